The Balaban J connectivity index is 2.27. The summed E-state index contributed by atoms with van der Waals surface area (Å²) in [7, 11) is 0. The zero-order valence-electron chi connectivity index (χ0n) is 3.66. The molecule has 0 saturated carbocycles. The van der Waals surface area contributed by atoms with Gasteiger partial charge in [0.05, 0.1) is 12.7 Å². The molecular weight excluding hydrogens is 94.0 g/mol. The van der Waals surface area contributed by atoms with Gasteiger partial charge in [0.2, 0.25) is 0 Å². The lowest BCUT2D eigenvalue weighted by Gasteiger charge is -1.87. The van der Waals surface area contributed by atoms with E-state index < -0.39 is 6.10 Å². The number of nitriles is 1. The van der Waals surface area contributed by atoms with Gasteiger partial charge < -0.3 is 9.84 Å². The zero-order valence-corrected chi connectivity index (χ0v) is 3.66. The van der Waals surface area contributed by atoms with Crippen LogP contribution in [0.2, 0.25) is 0 Å². The molecule has 1 aliphatic rings. The summed E-state index contributed by atoms with van der Waals surface area (Å²) in [4.78, 5) is 0. The molecular formula is C4H5NO2. The highest BCUT2D eigenvalue weighted by atomic mass is 16.6. The fraction of sp³-hybridized carbons (Fsp3) is 0.750. The second-order valence-electron chi connectivity index (χ2n) is 1.45. The number of epoxide rings is 1. The van der Waals surface area contributed by atoms with Gasteiger partial charge in [-0.1, -0.05) is 0 Å². The summed E-state index contributed by atoms with van der Waals surface area (Å²) in [6, 6.07) is 1.66. The first-order valence-electron chi connectivity index (χ1n) is 2.04. The van der Waals surface area contributed by atoms with Crippen molar-refractivity contribution in [3.8, 4) is 6.07 Å². The van der Waals surface area contributed by atoms with Crippen LogP contribution in [-0.4, -0.2) is 23.9 Å². The molecule has 0 radical (unpaired) electrons. The second-order valence-corrected chi connectivity index (χ2v) is 1.45. The first-order chi connectivity index (χ1) is 3.34. The SMILES string of the molecule is N#C[C@@H](O)[C@@H]1CO1. The fourth-order valence-electron chi connectivity index (χ4n) is 0.321. The summed E-state index contributed by atoms with van der Waals surface area (Å²) in [6.45, 7) is 0.536. The molecule has 0 spiro atoms. The molecule has 0 aromatic carbocycles. The van der Waals surface area contributed by atoms with Crippen LogP contribution >= 0.6 is 0 Å². The maximum atomic E-state index is 8.51. The Kier molecular flexibility index (Phi) is 0.970. The Morgan fingerprint density at radius 2 is 2.57 bits per heavy atom. The van der Waals surface area contributed by atoms with E-state index in [0.29, 0.717) is 6.61 Å². The van der Waals surface area contributed by atoms with Crippen molar-refractivity contribution < 1.29 is 9.84 Å². The Morgan fingerprint density at radius 1 is 2.00 bits per heavy atom. The number of rotatable bonds is 1. The van der Waals surface area contributed by atoms with Crippen LogP contribution in [0, 0.1) is 11.3 Å². The van der Waals surface area contributed by atoms with E-state index in [2.05, 4.69) is 4.74 Å². The zero-order chi connectivity index (χ0) is 5.28. The quantitative estimate of drug-likeness (QED) is 0.348. The molecule has 38 valence electrons. The number of ether oxygens (including phenoxy) is 1. The van der Waals surface area contributed by atoms with Gasteiger partial charge in [0, 0.05) is 0 Å². The van der Waals surface area contributed by atoms with E-state index in [1.807, 2.05) is 0 Å². The number of hydrogen-bond donors (Lipinski definition) is 1. The standard InChI is InChI=1S/C4H5NO2/c5-1-3(6)4-2-7-4/h3-4,6H,2H2/t3-,4+/m1/s1. The van der Waals surface area contributed by atoms with Crippen LogP contribution in [0.3, 0.4) is 0 Å². The molecule has 0 bridgehead atoms. The van der Waals surface area contributed by atoms with Crippen molar-refractivity contribution in [1.82, 2.24) is 0 Å². The summed E-state index contributed by atoms with van der Waals surface area (Å²) in [5.74, 6) is 0. The molecule has 1 rings (SSSR count). The van der Waals surface area contributed by atoms with Crippen LogP contribution in [0.1, 0.15) is 0 Å². The maximum Gasteiger partial charge on any atom is 0.168 e. The minimum atomic E-state index is -0.903. The van der Waals surface area contributed by atoms with Gasteiger partial charge in [-0.15, -0.1) is 0 Å². The average molecular weight is 99.1 g/mol. The lowest BCUT2D eigenvalue weighted by atomic mass is 10.3. The first-order valence-corrected chi connectivity index (χ1v) is 2.04. The molecule has 0 aromatic rings. The maximum absolute atomic E-state index is 8.51. The molecule has 1 N–H and O–H groups in total. The van der Waals surface area contributed by atoms with E-state index in [9.17, 15) is 0 Å². The van der Waals surface area contributed by atoms with E-state index in [1.54, 1.807) is 6.07 Å². The molecule has 2 atom stereocenters. The van der Waals surface area contributed by atoms with Crippen LogP contribution in [-0.2, 0) is 4.74 Å². The van der Waals surface area contributed by atoms with Crippen LogP contribution < -0.4 is 0 Å². The fourth-order valence-corrected chi connectivity index (χ4v) is 0.321. The molecule has 1 aliphatic heterocycles. The van der Waals surface area contributed by atoms with Crippen LogP contribution in [0.15, 0.2) is 0 Å². The first kappa shape index (κ1) is 4.57. The molecule has 0 aromatic heterocycles. The van der Waals surface area contributed by atoms with Crippen molar-refractivity contribution in [2.75, 3.05) is 6.61 Å². The number of hydrogen-bond acceptors (Lipinski definition) is 3. The van der Waals surface area contributed by atoms with Crippen LogP contribution in [0.4, 0.5) is 0 Å². The summed E-state index contributed by atoms with van der Waals surface area (Å²) in [6.07, 6.45) is -1.09. The summed E-state index contributed by atoms with van der Waals surface area (Å²) in [5, 5.41) is 16.5. The Labute approximate surface area is 41.1 Å². The van der Waals surface area contributed by atoms with E-state index >= 15 is 0 Å². The summed E-state index contributed by atoms with van der Waals surface area (Å²) < 4.78 is 4.59. The third-order valence-electron chi connectivity index (χ3n) is 0.844. The smallest absolute Gasteiger partial charge is 0.168 e. The number of aliphatic hydroxyl groups excluding tert-OH is 1. The van der Waals surface area contributed by atoms with Gasteiger partial charge >= 0.3 is 0 Å². The largest absolute Gasteiger partial charge is 0.375 e. The monoisotopic (exact) mass is 99.0 g/mol. The molecule has 0 amide bonds. The van der Waals surface area contributed by atoms with Crippen molar-refractivity contribution in [3.05, 3.63) is 0 Å². The Bertz CT molecular complexity index is 103. The van der Waals surface area contributed by atoms with E-state index in [-0.39, 0.29) is 6.10 Å². The molecule has 1 saturated heterocycles. The van der Waals surface area contributed by atoms with Gasteiger partial charge in [-0.05, 0) is 0 Å². The van der Waals surface area contributed by atoms with Crippen LogP contribution in [0.25, 0.3) is 0 Å². The van der Waals surface area contributed by atoms with Crippen molar-refractivity contribution in [3.63, 3.8) is 0 Å². The predicted molar refractivity (Wildman–Crippen MR) is 21.4 cm³/mol. The Morgan fingerprint density at radius 3 is 2.71 bits per heavy atom. The molecule has 0 unspecified atom stereocenters. The molecule has 7 heavy (non-hydrogen) atoms. The Hall–Kier alpha value is -0.590. The normalized spacial score (nSPS) is 31.1. The summed E-state index contributed by atoms with van der Waals surface area (Å²) >= 11 is 0. The molecule has 1 heterocycles. The van der Waals surface area contributed by atoms with Crippen LogP contribution in [0.5, 0.6) is 0 Å². The van der Waals surface area contributed by atoms with Gasteiger partial charge in [0.25, 0.3) is 0 Å². The van der Waals surface area contributed by atoms with Gasteiger partial charge in [0.1, 0.15) is 6.10 Å². The van der Waals surface area contributed by atoms with Crippen molar-refractivity contribution >= 4 is 0 Å². The highest BCUT2D eigenvalue weighted by Gasteiger charge is 2.30. The van der Waals surface area contributed by atoms with Crippen molar-refractivity contribution in [1.29, 1.82) is 5.26 Å². The third-order valence-corrected chi connectivity index (χ3v) is 0.844. The minimum absolute atomic E-state index is 0.190. The minimum Gasteiger partial charge on any atom is -0.375 e. The van der Waals surface area contributed by atoms with E-state index in [4.69, 9.17) is 10.4 Å². The predicted octanol–water partition coefficient (Wildman–Crippen LogP) is -0.730. The molecule has 0 aliphatic carbocycles. The molecule has 3 nitrogen and oxygen atoms in total. The number of aliphatic hydroxyl groups is 1. The topological polar surface area (TPSA) is 56.5 Å². The van der Waals surface area contributed by atoms with Gasteiger partial charge in [0.15, 0.2) is 6.10 Å². The third kappa shape index (κ3) is 0.889. The van der Waals surface area contributed by atoms with E-state index in [0.717, 1.165) is 0 Å². The van der Waals surface area contributed by atoms with Crippen molar-refractivity contribution in [2.45, 2.75) is 12.2 Å². The highest BCUT2D eigenvalue weighted by molar-refractivity contribution is 4.94. The van der Waals surface area contributed by atoms with Crippen molar-refractivity contribution in [2.24, 2.45) is 0 Å². The second kappa shape index (κ2) is 1.49. The van der Waals surface area contributed by atoms with E-state index in [1.165, 1.54) is 0 Å². The lowest BCUT2D eigenvalue weighted by Crippen LogP contribution is -2.10. The molecule has 1 fully saturated rings. The number of nitrogens with zero attached hydrogens (tertiary/aromatic N) is 1. The lowest BCUT2D eigenvalue weighted by molar-refractivity contribution is 0.184. The van der Waals surface area contributed by atoms with Gasteiger partial charge in [-0.2, -0.15) is 5.26 Å². The average Bonchev–Trinajstić information content (AvgIpc) is 2.44. The van der Waals surface area contributed by atoms with Gasteiger partial charge in [-0.3, -0.25) is 0 Å². The molecule has 3 heteroatoms. The highest BCUT2D eigenvalue weighted by Crippen LogP contribution is 2.12. The summed E-state index contributed by atoms with van der Waals surface area (Å²) in [5.41, 5.74) is 0. The van der Waals surface area contributed by atoms with Gasteiger partial charge in [-0.25, -0.2) is 0 Å².